The van der Waals surface area contributed by atoms with E-state index in [-0.39, 0.29) is 5.91 Å². The molecule has 0 bridgehead atoms. The molecule has 0 spiro atoms. The van der Waals surface area contributed by atoms with Crippen molar-refractivity contribution in [3.05, 3.63) is 65.7 Å². The first-order valence-electron chi connectivity index (χ1n) is 8.30. The lowest BCUT2D eigenvalue weighted by atomic mass is 10.2. The van der Waals surface area contributed by atoms with Crippen molar-refractivity contribution in [2.24, 2.45) is 0 Å². The first kappa shape index (κ1) is 18.7. The number of rotatable bonds is 7. The van der Waals surface area contributed by atoms with E-state index in [1.54, 1.807) is 24.3 Å². The van der Waals surface area contributed by atoms with Crippen LogP contribution in [0.25, 0.3) is 0 Å². The summed E-state index contributed by atoms with van der Waals surface area (Å²) in [6.07, 6.45) is 2.10. The van der Waals surface area contributed by atoms with E-state index < -0.39 is 0 Å². The molecule has 2 rings (SSSR count). The molecular formula is C19H23N3O2S. The highest BCUT2D eigenvalue weighted by Gasteiger charge is 2.06. The van der Waals surface area contributed by atoms with Gasteiger partial charge >= 0.3 is 0 Å². The Morgan fingerprint density at radius 3 is 2.44 bits per heavy atom. The number of thiocarbonyl (C=S) groups is 1. The molecule has 6 heteroatoms. The van der Waals surface area contributed by atoms with Crippen LogP contribution in [0.1, 0.15) is 35.7 Å². The third-order valence-electron chi connectivity index (χ3n) is 3.47. The van der Waals surface area contributed by atoms with Crippen molar-refractivity contribution in [2.45, 2.75) is 26.3 Å². The molecule has 1 amide bonds. The maximum Gasteiger partial charge on any atom is 0.269 e. The second kappa shape index (κ2) is 10.3. The Bertz CT molecular complexity index is 675. The summed E-state index contributed by atoms with van der Waals surface area (Å²) in [5.41, 5.74) is 6.91. The van der Waals surface area contributed by atoms with Crippen LogP contribution in [0.5, 0.6) is 5.75 Å². The molecule has 0 radical (unpaired) electrons. The fourth-order valence-electron chi connectivity index (χ4n) is 2.04. The van der Waals surface area contributed by atoms with Gasteiger partial charge in [-0.25, -0.2) is 0 Å². The van der Waals surface area contributed by atoms with E-state index in [0.717, 1.165) is 24.2 Å². The molecule has 0 saturated heterocycles. The minimum Gasteiger partial charge on any atom is -0.494 e. The van der Waals surface area contributed by atoms with Crippen molar-refractivity contribution in [1.29, 1.82) is 0 Å². The summed E-state index contributed by atoms with van der Waals surface area (Å²) in [7, 11) is 0. The van der Waals surface area contributed by atoms with Crippen LogP contribution in [0.15, 0.2) is 54.6 Å². The van der Waals surface area contributed by atoms with Gasteiger partial charge in [0.15, 0.2) is 5.11 Å². The molecule has 0 unspecified atom stereocenters. The number of nitrogens with one attached hydrogen (secondary N) is 3. The molecule has 5 nitrogen and oxygen atoms in total. The zero-order chi connectivity index (χ0) is 17.9. The van der Waals surface area contributed by atoms with E-state index in [0.29, 0.717) is 23.8 Å². The Kier molecular flexibility index (Phi) is 7.72. The Balaban J connectivity index is 1.72. The number of carbonyl (C=O) groups is 1. The molecule has 2 aromatic rings. The van der Waals surface area contributed by atoms with Crippen LogP contribution < -0.4 is 20.9 Å². The van der Waals surface area contributed by atoms with Crippen molar-refractivity contribution in [3.63, 3.8) is 0 Å². The summed E-state index contributed by atoms with van der Waals surface area (Å²) in [6, 6.07) is 16.9. The van der Waals surface area contributed by atoms with Crippen LogP contribution in [0.2, 0.25) is 0 Å². The third-order valence-corrected chi connectivity index (χ3v) is 3.71. The molecule has 0 atom stereocenters. The molecule has 0 saturated carbocycles. The standard InChI is InChI=1S/C19H23N3O2S/c1-2-3-13-24-17-11-9-16(10-12-17)18(23)21-22-19(25)20-14-15-7-5-4-6-8-15/h4-12H,2-3,13-14H2,1H3,(H,21,23)(H2,20,22,25). The molecule has 0 heterocycles. The van der Waals surface area contributed by atoms with Crippen LogP contribution in [0, 0.1) is 0 Å². The lowest BCUT2D eigenvalue weighted by Gasteiger charge is -2.12. The average molecular weight is 357 g/mol. The van der Waals surface area contributed by atoms with E-state index in [2.05, 4.69) is 23.1 Å². The summed E-state index contributed by atoms with van der Waals surface area (Å²) in [6.45, 7) is 3.39. The maximum atomic E-state index is 12.1. The molecule has 0 aliphatic heterocycles. The summed E-state index contributed by atoms with van der Waals surface area (Å²) in [5, 5.41) is 3.39. The number of unbranched alkanes of at least 4 members (excludes halogenated alkanes) is 1. The normalized spacial score (nSPS) is 9.96. The number of carbonyl (C=O) groups excluding carboxylic acids is 1. The molecule has 0 aliphatic carbocycles. The molecule has 0 aromatic heterocycles. The van der Waals surface area contributed by atoms with E-state index in [9.17, 15) is 4.79 Å². The van der Waals surface area contributed by atoms with Gasteiger partial charge in [-0.1, -0.05) is 43.7 Å². The second-order valence-corrected chi connectivity index (χ2v) is 5.88. The summed E-state index contributed by atoms with van der Waals surface area (Å²) < 4.78 is 5.58. The lowest BCUT2D eigenvalue weighted by Crippen LogP contribution is -2.46. The van der Waals surface area contributed by atoms with Crippen molar-refractivity contribution in [2.75, 3.05) is 6.61 Å². The first-order valence-corrected chi connectivity index (χ1v) is 8.71. The van der Waals surface area contributed by atoms with E-state index in [1.807, 2.05) is 30.3 Å². The number of hydrazine groups is 1. The smallest absolute Gasteiger partial charge is 0.269 e. The van der Waals surface area contributed by atoms with Gasteiger partial charge in [-0.05, 0) is 48.5 Å². The molecular weight excluding hydrogens is 334 g/mol. The van der Waals surface area contributed by atoms with Gasteiger partial charge in [0.1, 0.15) is 5.75 Å². The maximum absolute atomic E-state index is 12.1. The van der Waals surface area contributed by atoms with Gasteiger partial charge in [0.2, 0.25) is 0 Å². The third kappa shape index (κ3) is 6.81. The van der Waals surface area contributed by atoms with Crippen LogP contribution in [-0.4, -0.2) is 17.6 Å². The van der Waals surface area contributed by atoms with Crippen molar-refractivity contribution >= 4 is 23.2 Å². The fraction of sp³-hybridized carbons (Fsp3) is 0.263. The SMILES string of the molecule is CCCCOc1ccc(C(=O)NNC(=S)NCc2ccccc2)cc1. The van der Waals surface area contributed by atoms with Crippen molar-refractivity contribution in [3.8, 4) is 5.75 Å². The second-order valence-electron chi connectivity index (χ2n) is 5.47. The Hall–Kier alpha value is -2.60. The summed E-state index contributed by atoms with van der Waals surface area (Å²) in [4.78, 5) is 12.1. The first-order chi connectivity index (χ1) is 12.2. The Morgan fingerprint density at radius 2 is 1.76 bits per heavy atom. The van der Waals surface area contributed by atoms with Gasteiger partial charge in [0, 0.05) is 12.1 Å². The average Bonchev–Trinajstić information content (AvgIpc) is 2.66. The molecule has 132 valence electrons. The number of amides is 1. The summed E-state index contributed by atoms with van der Waals surface area (Å²) in [5.74, 6) is 0.502. The fourth-order valence-corrected chi connectivity index (χ4v) is 2.17. The van der Waals surface area contributed by atoms with Gasteiger partial charge in [-0.15, -0.1) is 0 Å². The quantitative estimate of drug-likeness (QED) is 0.404. The molecule has 25 heavy (non-hydrogen) atoms. The van der Waals surface area contributed by atoms with E-state index >= 15 is 0 Å². The Labute approximate surface area is 153 Å². The zero-order valence-corrected chi connectivity index (χ0v) is 15.1. The zero-order valence-electron chi connectivity index (χ0n) is 14.2. The molecule has 0 aliphatic rings. The highest BCUT2D eigenvalue weighted by Crippen LogP contribution is 2.12. The highest BCUT2D eigenvalue weighted by molar-refractivity contribution is 7.80. The van der Waals surface area contributed by atoms with Crippen LogP contribution >= 0.6 is 12.2 Å². The van der Waals surface area contributed by atoms with Crippen molar-refractivity contribution < 1.29 is 9.53 Å². The monoisotopic (exact) mass is 357 g/mol. The van der Waals surface area contributed by atoms with Gasteiger partial charge in [0.05, 0.1) is 6.61 Å². The van der Waals surface area contributed by atoms with E-state index in [1.165, 1.54) is 0 Å². The van der Waals surface area contributed by atoms with Crippen LogP contribution in [-0.2, 0) is 6.54 Å². The van der Waals surface area contributed by atoms with Gasteiger partial charge in [0.25, 0.3) is 5.91 Å². The molecule has 0 fully saturated rings. The highest BCUT2D eigenvalue weighted by atomic mass is 32.1. The van der Waals surface area contributed by atoms with Crippen molar-refractivity contribution in [1.82, 2.24) is 16.2 Å². The van der Waals surface area contributed by atoms with Crippen LogP contribution in [0.3, 0.4) is 0 Å². The number of hydrogen-bond donors (Lipinski definition) is 3. The Morgan fingerprint density at radius 1 is 1.04 bits per heavy atom. The van der Waals surface area contributed by atoms with Gasteiger partial charge in [-0.3, -0.25) is 15.6 Å². The predicted octanol–water partition coefficient (Wildman–Crippen LogP) is 3.17. The largest absolute Gasteiger partial charge is 0.494 e. The number of hydrogen-bond acceptors (Lipinski definition) is 3. The topological polar surface area (TPSA) is 62.4 Å². The minimum absolute atomic E-state index is 0.260. The molecule has 2 aromatic carbocycles. The van der Waals surface area contributed by atoms with Gasteiger partial charge < -0.3 is 10.1 Å². The molecule has 3 N–H and O–H groups in total. The number of ether oxygens (including phenoxy) is 1. The van der Waals surface area contributed by atoms with E-state index in [4.69, 9.17) is 17.0 Å². The predicted molar refractivity (Wildman–Crippen MR) is 103 cm³/mol. The van der Waals surface area contributed by atoms with Gasteiger partial charge in [-0.2, -0.15) is 0 Å². The lowest BCUT2D eigenvalue weighted by molar-refractivity contribution is 0.0943. The minimum atomic E-state index is -0.260. The number of benzene rings is 2. The summed E-state index contributed by atoms with van der Waals surface area (Å²) >= 11 is 5.14. The van der Waals surface area contributed by atoms with Crippen LogP contribution in [0.4, 0.5) is 0 Å².